The topological polar surface area (TPSA) is 32.3 Å². The Balaban J connectivity index is 1.57. The molecule has 1 heterocycles. The van der Waals surface area contributed by atoms with Crippen molar-refractivity contribution in [3.63, 3.8) is 0 Å². The first-order valence-electron chi connectivity index (χ1n) is 10.9. The van der Waals surface area contributed by atoms with Crippen LogP contribution in [0.3, 0.4) is 0 Å². The number of rotatable bonds is 3. The standard InChI is InChI=1S/C22H38N2O/c1-5-14-23-18-8-7-16-15-6-9-19-22(3,13-11-20(25)24(19)4)17(15)10-12-21(16,18)2/h15-19,23H,5-14H2,1-4H3/t15-,16-,17-,18-,19+,21-,22+/m0/s1. The van der Waals surface area contributed by atoms with Gasteiger partial charge in [-0.3, -0.25) is 4.79 Å². The number of carbonyl (C=O) groups is 1. The summed E-state index contributed by atoms with van der Waals surface area (Å²) in [6.45, 7) is 8.58. The summed E-state index contributed by atoms with van der Waals surface area (Å²) in [5, 5.41) is 3.89. The molecule has 0 bridgehead atoms. The minimum Gasteiger partial charge on any atom is -0.342 e. The first-order chi connectivity index (χ1) is 11.9. The lowest BCUT2D eigenvalue weighted by molar-refractivity contribution is -0.157. The van der Waals surface area contributed by atoms with Crippen molar-refractivity contribution < 1.29 is 4.79 Å². The van der Waals surface area contributed by atoms with Crippen molar-refractivity contribution in [3.05, 3.63) is 0 Å². The highest BCUT2D eigenvalue weighted by atomic mass is 16.2. The van der Waals surface area contributed by atoms with Crippen LogP contribution in [0.15, 0.2) is 0 Å². The van der Waals surface area contributed by atoms with E-state index in [9.17, 15) is 4.79 Å². The molecule has 0 aromatic carbocycles. The molecule has 1 saturated heterocycles. The molecule has 3 heteroatoms. The molecule has 3 nitrogen and oxygen atoms in total. The number of likely N-dealkylation sites (tertiary alicyclic amines) is 1. The van der Waals surface area contributed by atoms with Crippen molar-refractivity contribution in [2.75, 3.05) is 13.6 Å². The zero-order valence-corrected chi connectivity index (χ0v) is 16.8. The summed E-state index contributed by atoms with van der Waals surface area (Å²) in [6.07, 6.45) is 11.3. The van der Waals surface area contributed by atoms with Crippen molar-refractivity contribution >= 4 is 5.91 Å². The van der Waals surface area contributed by atoms with Crippen LogP contribution in [0, 0.1) is 28.6 Å². The highest BCUT2D eigenvalue weighted by Gasteiger charge is 2.60. The molecular formula is C22H38N2O. The van der Waals surface area contributed by atoms with E-state index in [1.807, 2.05) is 0 Å². The minimum atomic E-state index is 0.363. The maximum atomic E-state index is 12.2. The first kappa shape index (κ1) is 17.8. The van der Waals surface area contributed by atoms with E-state index in [1.165, 1.54) is 51.5 Å². The molecule has 4 fully saturated rings. The predicted octanol–water partition coefficient (Wildman–Crippen LogP) is 4.22. The number of carbonyl (C=O) groups excluding carboxylic acids is 1. The average molecular weight is 347 g/mol. The van der Waals surface area contributed by atoms with Crippen LogP contribution in [0.25, 0.3) is 0 Å². The second kappa shape index (κ2) is 6.25. The molecule has 4 aliphatic rings. The van der Waals surface area contributed by atoms with E-state index in [1.54, 1.807) is 0 Å². The van der Waals surface area contributed by atoms with Gasteiger partial charge in [0.2, 0.25) is 5.91 Å². The van der Waals surface area contributed by atoms with E-state index in [4.69, 9.17) is 0 Å². The summed E-state index contributed by atoms with van der Waals surface area (Å²) in [5.74, 6) is 3.02. The second-order valence-corrected chi connectivity index (χ2v) is 10.1. The Morgan fingerprint density at radius 1 is 1.04 bits per heavy atom. The molecule has 25 heavy (non-hydrogen) atoms. The Hall–Kier alpha value is -0.570. The molecule has 3 saturated carbocycles. The van der Waals surface area contributed by atoms with Gasteiger partial charge in [-0.05, 0) is 86.5 Å². The number of fused-ring (bicyclic) bond motifs is 5. The molecule has 7 atom stereocenters. The fourth-order valence-corrected chi connectivity index (χ4v) is 7.80. The summed E-state index contributed by atoms with van der Waals surface area (Å²) in [6, 6.07) is 1.23. The third kappa shape index (κ3) is 2.51. The van der Waals surface area contributed by atoms with Crippen molar-refractivity contribution in [3.8, 4) is 0 Å². The Bertz CT molecular complexity index is 534. The van der Waals surface area contributed by atoms with E-state index in [0.717, 1.165) is 36.6 Å². The molecule has 1 N–H and O–H groups in total. The molecule has 0 unspecified atom stereocenters. The summed E-state index contributed by atoms with van der Waals surface area (Å²) in [7, 11) is 2.07. The monoisotopic (exact) mass is 346 g/mol. The summed E-state index contributed by atoms with van der Waals surface area (Å²) >= 11 is 0. The van der Waals surface area contributed by atoms with Gasteiger partial charge in [0.15, 0.2) is 0 Å². The van der Waals surface area contributed by atoms with Gasteiger partial charge in [-0.15, -0.1) is 0 Å². The molecular weight excluding hydrogens is 308 g/mol. The van der Waals surface area contributed by atoms with Crippen LogP contribution in [-0.2, 0) is 4.79 Å². The number of hydrogen-bond acceptors (Lipinski definition) is 2. The highest BCUT2D eigenvalue weighted by molar-refractivity contribution is 5.77. The minimum absolute atomic E-state index is 0.363. The van der Waals surface area contributed by atoms with Gasteiger partial charge in [0.05, 0.1) is 0 Å². The molecule has 142 valence electrons. The van der Waals surface area contributed by atoms with Crippen LogP contribution in [0.2, 0.25) is 0 Å². The lowest BCUT2D eigenvalue weighted by Crippen LogP contribution is -2.61. The van der Waals surface area contributed by atoms with Crippen LogP contribution >= 0.6 is 0 Å². The van der Waals surface area contributed by atoms with Gasteiger partial charge in [-0.25, -0.2) is 0 Å². The summed E-state index contributed by atoms with van der Waals surface area (Å²) in [4.78, 5) is 14.4. The van der Waals surface area contributed by atoms with Gasteiger partial charge in [0.25, 0.3) is 0 Å². The molecule has 0 spiro atoms. The smallest absolute Gasteiger partial charge is 0.222 e. The van der Waals surface area contributed by atoms with Crippen LogP contribution in [0.1, 0.15) is 78.6 Å². The molecule has 0 aromatic heterocycles. The lowest BCUT2D eigenvalue weighted by Gasteiger charge is -2.61. The van der Waals surface area contributed by atoms with Crippen molar-refractivity contribution in [1.82, 2.24) is 10.2 Å². The van der Waals surface area contributed by atoms with Crippen LogP contribution in [0.5, 0.6) is 0 Å². The summed E-state index contributed by atoms with van der Waals surface area (Å²) < 4.78 is 0. The third-order valence-corrected chi connectivity index (χ3v) is 9.20. The van der Waals surface area contributed by atoms with Crippen molar-refractivity contribution in [2.24, 2.45) is 28.6 Å². The molecule has 3 aliphatic carbocycles. The molecule has 4 rings (SSSR count). The molecule has 0 aromatic rings. The number of piperidine rings is 1. The number of nitrogens with zero attached hydrogens (tertiary/aromatic N) is 1. The van der Waals surface area contributed by atoms with Crippen LogP contribution < -0.4 is 5.32 Å². The van der Waals surface area contributed by atoms with Gasteiger partial charge in [0, 0.05) is 25.6 Å². The maximum Gasteiger partial charge on any atom is 0.222 e. The van der Waals surface area contributed by atoms with Crippen molar-refractivity contribution in [1.29, 1.82) is 0 Å². The van der Waals surface area contributed by atoms with Gasteiger partial charge in [-0.1, -0.05) is 20.8 Å². The average Bonchev–Trinajstić information content (AvgIpc) is 2.93. The van der Waals surface area contributed by atoms with E-state index in [2.05, 4.69) is 38.0 Å². The molecule has 1 amide bonds. The first-order valence-corrected chi connectivity index (χ1v) is 10.9. The van der Waals surface area contributed by atoms with E-state index >= 15 is 0 Å². The van der Waals surface area contributed by atoms with Crippen molar-refractivity contribution in [2.45, 2.75) is 90.6 Å². The lowest BCUT2D eigenvalue weighted by atomic mass is 9.47. The van der Waals surface area contributed by atoms with Gasteiger partial charge in [0.1, 0.15) is 0 Å². The normalized spacial score (nSPS) is 49.5. The summed E-state index contributed by atoms with van der Waals surface area (Å²) in [5.41, 5.74) is 0.873. The molecule has 1 aliphatic heterocycles. The Kier molecular flexibility index (Phi) is 4.46. The number of amides is 1. The SMILES string of the molecule is CCCN[C@H]1CC[C@H]2[C@@H]3CC[C@H]4N(C)C(=O)CC[C@]4(C)[C@H]3CC[C@]12C. The number of hydrogen-bond donors (Lipinski definition) is 1. The van der Waals surface area contributed by atoms with Gasteiger partial charge < -0.3 is 10.2 Å². The van der Waals surface area contributed by atoms with Crippen LogP contribution in [0.4, 0.5) is 0 Å². The van der Waals surface area contributed by atoms with E-state index in [0.29, 0.717) is 22.8 Å². The second-order valence-electron chi connectivity index (χ2n) is 10.1. The Morgan fingerprint density at radius 3 is 2.56 bits per heavy atom. The maximum absolute atomic E-state index is 12.2. The fourth-order valence-electron chi connectivity index (χ4n) is 7.80. The van der Waals surface area contributed by atoms with Gasteiger partial charge in [-0.2, -0.15) is 0 Å². The largest absolute Gasteiger partial charge is 0.342 e. The predicted molar refractivity (Wildman–Crippen MR) is 102 cm³/mol. The Morgan fingerprint density at radius 2 is 1.80 bits per heavy atom. The van der Waals surface area contributed by atoms with Gasteiger partial charge >= 0.3 is 0 Å². The molecule has 0 radical (unpaired) electrons. The number of nitrogens with one attached hydrogen (secondary N) is 1. The Labute approximate surface area is 154 Å². The third-order valence-electron chi connectivity index (χ3n) is 9.20. The zero-order chi connectivity index (χ0) is 17.8. The quantitative estimate of drug-likeness (QED) is 0.830. The highest BCUT2D eigenvalue weighted by Crippen LogP contribution is 2.64. The fraction of sp³-hybridized carbons (Fsp3) is 0.955. The van der Waals surface area contributed by atoms with E-state index in [-0.39, 0.29) is 0 Å². The zero-order valence-electron chi connectivity index (χ0n) is 16.8. The van der Waals surface area contributed by atoms with E-state index < -0.39 is 0 Å². The van der Waals surface area contributed by atoms with Crippen LogP contribution in [-0.4, -0.2) is 36.5 Å².